The molecule has 1 heterocycles. The number of amides is 1. The van der Waals surface area contributed by atoms with Crippen molar-refractivity contribution in [1.29, 1.82) is 0 Å². The minimum Gasteiger partial charge on any atom is -0.380 e. The Morgan fingerprint density at radius 3 is 2.96 bits per heavy atom. The molecule has 0 spiro atoms. The number of anilines is 1. The summed E-state index contributed by atoms with van der Waals surface area (Å²) < 4.78 is 19.7. The summed E-state index contributed by atoms with van der Waals surface area (Å²) in [5.41, 5.74) is 3.13. The molecule has 4 nitrogen and oxygen atoms in total. The van der Waals surface area contributed by atoms with E-state index in [4.69, 9.17) is 4.74 Å². The van der Waals surface area contributed by atoms with Crippen LogP contribution >= 0.6 is 0 Å². The van der Waals surface area contributed by atoms with Crippen molar-refractivity contribution >= 4 is 11.6 Å². The lowest BCUT2D eigenvalue weighted by molar-refractivity contribution is 0.102. The molecule has 0 bridgehead atoms. The van der Waals surface area contributed by atoms with Crippen molar-refractivity contribution in [3.63, 3.8) is 0 Å². The highest BCUT2D eigenvalue weighted by Gasteiger charge is 2.18. The van der Waals surface area contributed by atoms with E-state index in [2.05, 4.69) is 10.6 Å². The van der Waals surface area contributed by atoms with Crippen LogP contribution in [-0.4, -0.2) is 19.6 Å². The highest BCUT2D eigenvalue weighted by Crippen LogP contribution is 2.25. The van der Waals surface area contributed by atoms with E-state index in [1.165, 1.54) is 0 Å². The molecule has 0 aliphatic carbocycles. The summed E-state index contributed by atoms with van der Waals surface area (Å²) in [7, 11) is 1.58. The molecule has 2 aromatic rings. The predicted octanol–water partition coefficient (Wildman–Crippen LogP) is 2.87. The summed E-state index contributed by atoms with van der Waals surface area (Å²) in [5, 5.41) is 5.89. The SMILES string of the molecule is COCc1ccccc1C(=O)Nc1ccc2c(c1F)CCNC2. The van der Waals surface area contributed by atoms with Gasteiger partial charge in [0.1, 0.15) is 5.82 Å². The largest absolute Gasteiger partial charge is 0.380 e. The maximum atomic E-state index is 14.6. The normalized spacial score (nSPS) is 13.5. The number of methoxy groups -OCH3 is 1. The van der Waals surface area contributed by atoms with Crippen molar-refractivity contribution < 1.29 is 13.9 Å². The first kappa shape index (κ1) is 15.6. The molecule has 1 amide bonds. The highest BCUT2D eigenvalue weighted by atomic mass is 19.1. The fourth-order valence-electron chi connectivity index (χ4n) is 2.84. The molecule has 0 aromatic heterocycles. The molecule has 1 aliphatic heterocycles. The van der Waals surface area contributed by atoms with E-state index < -0.39 is 0 Å². The first-order valence-electron chi connectivity index (χ1n) is 7.60. The summed E-state index contributed by atoms with van der Waals surface area (Å²) >= 11 is 0. The van der Waals surface area contributed by atoms with Gasteiger partial charge in [0, 0.05) is 19.2 Å². The Kier molecular flexibility index (Phi) is 4.69. The third kappa shape index (κ3) is 3.25. The Morgan fingerprint density at radius 2 is 2.13 bits per heavy atom. The Balaban J connectivity index is 1.86. The van der Waals surface area contributed by atoms with Gasteiger partial charge in [-0.3, -0.25) is 4.79 Å². The van der Waals surface area contributed by atoms with E-state index in [0.717, 1.165) is 17.7 Å². The molecular weight excluding hydrogens is 295 g/mol. The number of hydrogen-bond donors (Lipinski definition) is 2. The lowest BCUT2D eigenvalue weighted by Crippen LogP contribution is -2.25. The molecule has 0 radical (unpaired) electrons. The van der Waals surface area contributed by atoms with Gasteiger partial charge in [-0.1, -0.05) is 24.3 Å². The van der Waals surface area contributed by atoms with Gasteiger partial charge >= 0.3 is 0 Å². The standard InChI is InChI=1S/C18H19FN2O2/c1-23-11-13-4-2-3-5-15(13)18(22)21-16-7-6-12-10-20-9-8-14(12)17(16)19/h2-7,20H,8-11H2,1H3,(H,21,22). The molecule has 1 aliphatic rings. The van der Waals surface area contributed by atoms with Gasteiger partial charge in [0.05, 0.1) is 12.3 Å². The third-order valence-electron chi connectivity index (χ3n) is 4.02. The lowest BCUT2D eigenvalue weighted by atomic mass is 9.99. The second-order valence-electron chi connectivity index (χ2n) is 5.54. The van der Waals surface area contributed by atoms with E-state index in [9.17, 15) is 9.18 Å². The van der Waals surface area contributed by atoms with Crippen LogP contribution in [0.15, 0.2) is 36.4 Å². The molecule has 3 rings (SSSR count). The Hall–Kier alpha value is -2.24. The van der Waals surface area contributed by atoms with Gasteiger partial charge in [-0.05, 0) is 41.8 Å². The average molecular weight is 314 g/mol. The molecular formula is C18H19FN2O2. The van der Waals surface area contributed by atoms with E-state index in [-0.39, 0.29) is 17.4 Å². The van der Waals surface area contributed by atoms with Gasteiger partial charge in [0.25, 0.3) is 5.91 Å². The number of carbonyl (C=O) groups excluding carboxylic acids is 1. The topological polar surface area (TPSA) is 50.4 Å². The van der Waals surface area contributed by atoms with Crippen LogP contribution in [0.3, 0.4) is 0 Å². The molecule has 2 aromatic carbocycles. The zero-order chi connectivity index (χ0) is 16.2. The van der Waals surface area contributed by atoms with Crippen molar-refractivity contribution in [1.82, 2.24) is 5.32 Å². The Morgan fingerprint density at radius 1 is 1.30 bits per heavy atom. The maximum absolute atomic E-state index is 14.6. The molecule has 120 valence electrons. The molecule has 2 N–H and O–H groups in total. The molecule has 0 unspecified atom stereocenters. The van der Waals surface area contributed by atoms with Gasteiger partial charge in [-0.2, -0.15) is 0 Å². The van der Waals surface area contributed by atoms with Crippen LogP contribution in [0.2, 0.25) is 0 Å². The zero-order valence-electron chi connectivity index (χ0n) is 13.0. The minimum atomic E-state index is -0.332. The Bertz CT molecular complexity index is 731. The van der Waals surface area contributed by atoms with Crippen LogP contribution in [0.5, 0.6) is 0 Å². The van der Waals surface area contributed by atoms with E-state index >= 15 is 0 Å². The number of benzene rings is 2. The molecule has 0 atom stereocenters. The van der Waals surface area contributed by atoms with Crippen molar-refractivity contribution in [2.45, 2.75) is 19.6 Å². The number of hydrogen-bond acceptors (Lipinski definition) is 3. The van der Waals surface area contributed by atoms with Gasteiger partial charge in [-0.15, -0.1) is 0 Å². The van der Waals surface area contributed by atoms with Crippen molar-refractivity contribution in [2.24, 2.45) is 0 Å². The smallest absolute Gasteiger partial charge is 0.256 e. The number of fused-ring (bicyclic) bond motifs is 1. The highest BCUT2D eigenvalue weighted by molar-refractivity contribution is 6.05. The van der Waals surface area contributed by atoms with E-state index in [0.29, 0.717) is 30.7 Å². The van der Waals surface area contributed by atoms with E-state index in [1.54, 1.807) is 25.3 Å². The fraction of sp³-hybridized carbons (Fsp3) is 0.278. The molecule has 0 saturated heterocycles. The van der Waals surface area contributed by atoms with Crippen LogP contribution in [0.1, 0.15) is 27.0 Å². The van der Waals surface area contributed by atoms with Crippen molar-refractivity contribution in [3.05, 3.63) is 64.5 Å². The third-order valence-corrected chi connectivity index (χ3v) is 4.02. The van der Waals surface area contributed by atoms with Gasteiger partial charge in [0.2, 0.25) is 0 Å². The van der Waals surface area contributed by atoms with E-state index in [1.807, 2.05) is 18.2 Å². The summed E-state index contributed by atoms with van der Waals surface area (Å²) in [6.07, 6.45) is 0.630. The van der Waals surface area contributed by atoms with Crippen LogP contribution in [0, 0.1) is 5.82 Å². The second-order valence-corrected chi connectivity index (χ2v) is 5.54. The zero-order valence-corrected chi connectivity index (χ0v) is 13.0. The summed E-state index contributed by atoms with van der Waals surface area (Å²) in [4.78, 5) is 12.5. The van der Waals surface area contributed by atoms with Gasteiger partial charge in [0.15, 0.2) is 0 Å². The second kappa shape index (κ2) is 6.89. The van der Waals surface area contributed by atoms with Gasteiger partial charge < -0.3 is 15.4 Å². The first-order chi connectivity index (χ1) is 11.2. The summed E-state index contributed by atoms with van der Waals surface area (Å²) in [6, 6.07) is 10.6. The predicted molar refractivity (Wildman–Crippen MR) is 86.9 cm³/mol. The van der Waals surface area contributed by atoms with Crippen LogP contribution in [-0.2, 0) is 24.3 Å². The molecule has 5 heteroatoms. The number of carbonyl (C=O) groups is 1. The molecule has 0 saturated carbocycles. The Labute approximate surface area is 134 Å². The van der Waals surface area contributed by atoms with Crippen molar-refractivity contribution in [3.8, 4) is 0 Å². The monoisotopic (exact) mass is 314 g/mol. The summed E-state index contributed by atoms with van der Waals surface area (Å²) in [5.74, 6) is -0.660. The number of rotatable bonds is 4. The molecule has 0 fully saturated rings. The van der Waals surface area contributed by atoms with Crippen LogP contribution < -0.4 is 10.6 Å². The number of nitrogens with one attached hydrogen (secondary N) is 2. The fourth-order valence-corrected chi connectivity index (χ4v) is 2.84. The van der Waals surface area contributed by atoms with Gasteiger partial charge in [-0.25, -0.2) is 4.39 Å². The number of halogens is 1. The average Bonchev–Trinajstić information content (AvgIpc) is 2.58. The van der Waals surface area contributed by atoms with Crippen molar-refractivity contribution in [2.75, 3.05) is 19.0 Å². The summed E-state index contributed by atoms with van der Waals surface area (Å²) in [6.45, 7) is 1.75. The lowest BCUT2D eigenvalue weighted by Gasteiger charge is -2.19. The number of ether oxygens (including phenoxy) is 1. The quantitative estimate of drug-likeness (QED) is 0.912. The van der Waals surface area contributed by atoms with Crippen LogP contribution in [0.4, 0.5) is 10.1 Å². The molecule has 23 heavy (non-hydrogen) atoms. The minimum absolute atomic E-state index is 0.225. The maximum Gasteiger partial charge on any atom is 0.256 e. The van der Waals surface area contributed by atoms with Crippen LogP contribution in [0.25, 0.3) is 0 Å². The first-order valence-corrected chi connectivity index (χ1v) is 7.60.